The van der Waals surface area contributed by atoms with Crippen LogP contribution in [0.4, 0.5) is 0 Å². The molecule has 1 radical (unpaired) electrons. The average molecular weight is 574 g/mol. The topological polar surface area (TPSA) is 82.1 Å². The third kappa shape index (κ3) is 16.4. The van der Waals surface area contributed by atoms with Crippen LogP contribution in [-0.4, -0.2) is 37.4 Å². The molecule has 0 atom stereocenters. The fourth-order valence-electron chi connectivity index (χ4n) is 3.70. The number of benzene rings is 2. The molecule has 0 fully saturated rings. The molecular formula is C31H46CoO6. The van der Waals surface area contributed by atoms with Crippen molar-refractivity contribution in [2.24, 2.45) is 0 Å². The molecule has 0 heterocycles. The van der Waals surface area contributed by atoms with Crippen molar-refractivity contribution in [3.63, 3.8) is 0 Å². The van der Waals surface area contributed by atoms with Crippen LogP contribution in [0.15, 0.2) is 48.5 Å². The Hall–Kier alpha value is -2.51. The number of hydrogen-bond donors (Lipinski definition) is 1. The first-order valence-corrected chi connectivity index (χ1v) is 13.8. The van der Waals surface area contributed by atoms with E-state index in [2.05, 4.69) is 13.8 Å². The van der Waals surface area contributed by atoms with E-state index in [0.29, 0.717) is 30.1 Å². The second-order valence-electron chi connectivity index (χ2n) is 9.05. The Morgan fingerprint density at radius 3 is 1.50 bits per heavy atom. The maximum atomic E-state index is 12.4. The van der Waals surface area contributed by atoms with E-state index in [9.17, 15) is 9.59 Å². The number of phenolic OH excluding ortho intramolecular Hbond substituents is 1. The monoisotopic (exact) mass is 573 g/mol. The van der Waals surface area contributed by atoms with Crippen LogP contribution in [0.3, 0.4) is 0 Å². The zero-order valence-electron chi connectivity index (χ0n) is 23.3. The number of hydrogen-bond acceptors (Lipinski definition) is 6. The van der Waals surface area contributed by atoms with Gasteiger partial charge in [-0.25, -0.2) is 9.59 Å². The second kappa shape index (κ2) is 23.6. The van der Waals surface area contributed by atoms with Crippen molar-refractivity contribution in [3.05, 3.63) is 59.7 Å². The van der Waals surface area contributed by atoms with Crippen molar-refractivity contribution in [1.82, 2.24) is 0 Å². The molecule has 2 rings (SSSR count). The fourth-order valence-corrected chi connectivity index (χ4v) is 3.70. The molecule has 0 saturated carbocycles. The van der Waals surface area contributed by atoms with Crippen LogP contribution in [0, 0.1) is 0 Å². The van der Waals surface area contributed by atoms with Gasteiger partial charge in [0.2, 0.25) is 0 Å². The number of rotatable bonds is 17. The van der Waals surface area contributed by atoms with Gasteiger partial charge in [0.15, 0.2) is 0 Å². The summed E-state index contributed by atoms with van der Waals surface area (Å²) in [5.41, 5.74) is 0.586. The van der Waals surface area contributed by atoms with Gasteiger partial charge >= 0.3 is 11.9 Å². The predicted molar refractivity (Wildman–Crippen MR) is 148 cm³/mol. The maximum Gasteiger partial charge on any atom is 0.339 e. The third-order valence-corrected chi connectivity index (χ3v) is 5.88. The molecular weight excluding hydrogens is 527 g/mol. The number of unbranched alkanes of at least 4 members (excludes halogenated alkanes) is 10. The summed E-state index contributed by atoms with van der Waals surface area (Å²) in [5, 5.41) is 8.86. The van der Waals surface area contributed by atoms with E-state index in [1.54, 1.807) is 55.6 Å². The minimum Gasteiger partial charge on any atom is -0.508 e. The zero-order chi connectivity index (χ0) is 27.1. The van der Waals surface area contributed by atoms with E-state index in [4.69, 9.17) is 19.3 Å². The summed E-state index contributed by atoms with van der Waals surface area (Å²) in [5.74, 6) is 0.0192. The number of carbonyl (C=O) groups is 2. The fraction of sp³-hybridized carbons (Fsp3) is 0.548. The first kappa shape index (κ1) is 35.5. The molecule has 0 saturated heterocycles. The van der Waals surface area contributed by atoms with E-state index >= 15 is 0 Å². The number of phenols is 1. The molecule has 7 heteroatoms. The van der Waals surface area contributed by atoms with Crippen LogP contribution in [0.2, 0.25) is 0 Å². The number of ether oxygens (including phenoxy) is 3. The Kier molecular flexibility index (Phi) is 22.0. The molecule has 2 aromatic carbocycles. The van der Waals surface area contributed by atoms with Gasteiger partial charge < -0.3 is 19.3 Å². The van der Waals surface area contributed by atoms with Crippen LogP contribution in [0.1, 0.15) is 112 Å². The number of carbonyl (C=O) groups excluding carboxylic acids is 2. The molecule has 0 aliphatic heterocycles. The molecule has 0 bridgehead atoms. The molecule has 0 spiro atoms. The predicted octanol–water partition coefficient (Wildman–Crippen LogP) is 8.12. The minimum absolute atomic E-state index is 0. The van der Waals surface area contributed by atoms with E-state index in [1.807, 2.05) is 0 Å². The van der Waals surface area contributed by atoms with Crippen molar-refractivity contribution < 1.29 is 45.7 Å². The Morgan fingerprint density at radius 1 is 0.658 bits per heavy atom. The summed E-state index contributed by atoms with van der Waals surface area (Å²) >= 11 is 0. The summed E-state index contributed by atoms with van der Waals surface area (Å²) < 4.78 is 15.6. The van der Waals surface area contributed by atoms with Gasteiger partial charge in [-0.1, -0.05) is 96.3 Å². The summed E-state index contributed by atoms with van der Waals surface area (Å²) in [6, 6.07) is 13.4. The molecule has 38 heavy (non-hydrogen) atoms. The Bertz CT molecular complexity index is 837. The zero-order valence-corrected chi connectivity index (χ0v) is 24.4. The average Bonchev–Trinajstić information content (AvgIpc) is 2.92. The Labute approximate surface area is 239 Å². The van der Waals surface area contributed by atoms with Gasteiger partial charge in [0.25, 0.3) is 0 Å². The van der Waals surface area contributed by atoms with Gasteiger partial charge in [-0.2, -0.15) is 0 Å². The summed E-state index contributed by atoms with van der Waals surface area (Å²) in [4.78, 5) is 24.7. The minimum atomic E-state index is -0.444. The maximum absolute atomic E-state index is 12.4. The van der Waals surface area contributed by atoms with E-state index in [0.717, 1.165) is 25.7 Å². The SMILES string of the molecule is CCCCCCCCOC(=O)c1ccccc1C(=O)OCCCCCCCC.COc1cccc(O)c1.[Co]. The van der Waals surface area contributed by atoms with Crippen LogP contribution in [0.25, 0.3) is 0 Å². The van der Waals surface area contributed by atoms with E-state index in [-0.39, 0.29) is 22.5 Å². The standard InChI is InChI=1S/C24H38O4.C7H8O2.Co/c1-3-5-7-9-11-15-19-27-23(25)21-17-13-14-18-22(21)24(26)28-20-16-12-10-8-6-4-2;1-9-7-4-2-3-6(8)5-7;/h13-14,17-18H,3-12,15-16,19-20H2,1-2H3;2-5,8H,1H3;. The largest absolute Gasteiger partial charge is 0.508 e. The van der Waals surface area contributed by atoms with Crippen LogP contribution >= 0.6 is 0 Å². The normalized spacial score (nSPS) is 9.97. The van der Waals surface area contributed by atoms with Crippen molar-refractivity contribution in [2.45, 2.75) is 90.9 Å². The summed E-state index contributed by atoms with van der Waals surface area (Å²) in [6.07, 6.45) is 13.6. The molecule has 0 aromatic heterocycles. The van der Waals surface area contributed by atoms with E-state index < -0.39 is 11.9 Å². The van der Waals surface area contributed by atoms with Crippen LogP contribution in [0.5, 0.6) is 11.5 Å². The van der Waals surface area contributed by atoms with Gasteiger partial charge in [0.1, 0.15) is 11.5 Å². The van der Waals surface area contributed by atoms with Gasteiger partial charge in [0, 0.05) is 22.8 Å². The van der Waals surface area contributed by atoms with Crippen LogP contribution < -0.4 is 4.74 Å². The van der Waals surface area contributed by atoms with E-state index in [1.165, 1.54) is 51.4 Å². The summed E-state index contributed by atoms with van der Waals surface area (Å²) in [7, 11) is 1.56. The van der Waals surface area contributed by atoms with Crippen molar-refractivity contribution in [2.75, 3.05) is 20.3 Å². The smallest absolute Gasteiger partial charge is 0.339 e. The van der Waals surface area contributed by atoms with Gasteiger partial charge in [-0.05, 0) is 37.1 Å². The first-order chi connectivity index (χ1) is 18.0. The molecule has 0 aliphatic carbocycles. The van der Waals surface area contributed by atoms with Crippen molar-refractivity contribution >= 4 is 11.9 Å². The molecule has 0 amide bonds. The Morgan fingerprint density at radius 2 is 1.11 bits per heavy atom. The molecule has 215 valence electrons. The van der Waals surface area contributed by atoms with Gasteiger partial charge in [0.05, 0.1) is 31.5 Å². The third-order valence-electron chi connectivity index (χ3n) is 5.88. The number of esters is 2. The Balaban J connectivity index is 0.00000115. The number of methoxy groups -OCH3 is 1. The number of aromatic hydroxyl groups is 1. The van der Waals surface area contributed by atoms with Crippen molar-refractivity contribution in [1.29, 1.82) is 0 Å². The molecule has 0 unspecified atom stereocenters. The van der Waals surface area contributed by atoms with Crippen LogP contribution in [-0.2, 0) is 26.3 Å². The molecule has 0 aliphatic rings. The van der Waals surface area contributed by atoms with Gasteiger partial charge in [-0.3, -0.25) is 0 Å². The first-order valence-electron chi connectivity index (χ1n) is 13.8. The van der Waals surface area contributed by atoms with Crippen molar-refractivity contribution in [3.8, 4) is 11.5 Å². The quantitative estimate of drug-likeness (QED) is 0.152. The van der Waals surface area contributed by atoms with Gasteiger partial charge in [-0.15, -0.1) is 0 Å². The summed E-state index contributed by atoms with van der Waals surface area (Å²) in [6.45, 7) is 5.17. The molecule has 6 nitrogen and oxygen atoms in total. The second-order valence-corrected chi connectivity index (χ2v) is 9.05. The molecule has 1 N–H and O–H groups in total. The molecule has 2 aromatic rings.